The second-order valence-corrected chi connectivity index (χ2v) is 4.75. The maximum atomic E-state index is 12.4. The van der Waals surface area contributed by atoms with Gasteiger partial charge in [0.1, 0.15) is 33.4 Å². The predicted molar refractivity (Wildman–Crippen MR) is 72.8 cm³/mol. The zero-order valence-corrected chi connectivity index (χ0v) is 10.5. The van der Waals surface area contributed by atoms with Crippen molar-refractivity contribution in [3.05, 3.63) is 45.6 Å². The highest BCUT2D eigenvalue weighted by atomic mass is 16.3. The monoisotopic (exact) mass is 256 g/mol. The molecule has 2 aromatic carbocycles. The standard InChI is InChI=1S/C15H12O4/c1-7-3-9(16)13-11(5-7)19-12-6-8(2)4-10(17)14(12)15(13)18/h3-6,16-17H,1-2H3. The lowest BCUT2D eigenvalue weighted by Crippen LogP contribution is -2.03. The van der Waals surface area contributed by atoms with Crippen molar-refractivity contribution in [2.45, 2.75) is 13.8 Å². The fraction of sp³-hybridized carbons (Fsp3) is 0.133. The average molecular weight is 256 g/mol. The Balaban J connectivity index is 2.64. The molecule has 0 fully saturated rings. The molecule has 0 atom stereocenters. The first-order chi connectivity index (χ1) is 8.97. The molecule has 4 heteroatoms. The van der Waals surface area contributed by atoms with Crippen LogP contribution in [0.3, 0.4) is 0 Å². The fourth-order valence-electron chi connectivity index (χ4n) is 2.33. The molecule has 0 aliphatic carbocycles. The van der Waals surface area contributed by atoms with Crippen LogP contribution in [0.4, 0.5) is 0 Å². The molecule has 0 spiro atoms. The SMILES string of the molecule is Cc1cc(O)c2c(=O)c3c(O)cc(C)cc3oc2c1. The van der Waals surface area contributed by atoms with E-state index in [-0.39, 0.29) is 22.3 Å². The van der Waals surface area contributed by atoms with Crippen LogP contribution < -0.4 is 5.43 Å². The van der Waals surface area contributed by atoms with E-state index in [4.69, 9.17) is 4.42 Å². The van der Waals surface area contributed by atoms with Gasteiger partial charge in [0.25, 0.3) is 0 Å². The summed E-state index contributed by atoms with van der Waals surface area (Å²) in [5, 5.41) is 20.0. The number of phenols is 2. The summed E-state index contributed by atoms with van der Waals surface area (Å²) >= 11 is 0. The van der Waals surface area contributed by atoms with Crippen LogP contribution in [0, 0.1) is 13.8 Å². The van der Waals surface area contributed by atoms with E-state index in [0.29, 0.717) is 11.2 Å². The second-order valence-electron chi connectivity index (χ2n) is 4.75. The van der Waals surface area contributed by atoms with Crippen molar-refractivity contribution in [3.63, 3.8) is 0 Å². The molecule has 3 rings (SSSR count). The molecular formula is C15H12O4. The number of hydrogen-bond acceptors (Lipinski definition) is 4. The molecule has 96 valence electrons. The quantitative estimate of drug-likeness (QED) is 0.606. The minimum absolute atomic E-state index is 0.0947. The van der Waals surface area contributed by atoms with E-state index in [1.54, 1.807) is 26.0 Å². The Kier molecular flexibility index (Phi) is 2.29. The van der Waals surface area contributed by atoms with Crippen molar-refractivity contribution in [2.75, 3.05) is 0 Å². The molecule has 19 heavy (non-hydrogen) atoms. The van der Waals surface area contributed by atoms with Gasteiger partial charge in [0, 0.05) is 0 Å². The lowest BCUT2D eigenvalue weighted by molar-refractivity contribution is 0.477. The summed E-state index contributed by atoms with van der Waals surface area (Å²) < 4.78 is 5.63. The lowest BCUT2D eigenvalue weighted by atomic mass is 10.1. The van der Waals surface area contributed by atoms with Crippen LogP contribution >= 0.6 is 0 Å². The molecule has 0 aliphatic rings. The average Bonchev–Trinajstić information content (AvgIpc) is 2.25. The predicted octanol–water partition coefficient (Wildman–Crippen LogP) is 2.97. The van der Waals surface area contributed by atoms with E-state index in [0.717, 1.165) is 11.1 Å². The number of benzene rings is 2. The molecular weight excluding hydrogens is 244 g/mol. The van der Waals surface area contributed by atoms with Crippen molar-refractivity contribution in [1.29, 1.82) is 0 Å². The smallest absolute Gasteiger partial charge is 0.208 e. The van der Waals surface area contributed by atoms with Crippen molar-refractivity contribution in [3.8, 4) is 11.5 Å². The van der Waals surface area contributed by atoms with Gasteiger partial charge < -0.3 is 14.6 Å². The highest BCUT2D eigenvalue weighted by Crippen LogP contribution is 2.30. The first-order valence-corrected chi connectivity index (χ1v) is 5.87. The number of aryl methyl sites for hydroxylation is 2. The van der Waals surface area contributed by atoms with Gasteiger partial charge in [0.05, 0.1) is 0 Å². The van der Waals surface area contributed by atoms with E-state index in [1.165, 1.54) is 12.1 Å². The molecule has 0 bridgehead atoms. The maximum absolute atomic E-state index is 12.4. The van der Waals surface area contributed by atoms with Crippen LogP contribution in [-0.2, 0) is 0 Å². The van der Waals surface area contributed by atoms with Crippen LogP contribution in [0.1, 0.15) is 11.1 Å². The molecule has 0 unspecified atom stereocenters. The maximum Gasteiger partial charge on any atom is 0.208 e. The summed E-state index contributed by atoms with van der Waals surface area (Å²) in [5.41, 5.74) is 1.81. The van der Waals surface area contributed by atoms with E-state index < -0.39 is 5.43 Å². The molecule has 0 aliphatic heterocycles. The lowest BCUT2D eigenvalue weighted by Gasteiger charge is -2.06. The van der Waals surface area contributed by atoms with Gasteiger partial charge in [-0.1, -0.05) is 0 Å². The summed E-state index contributed by atoms with van der Waals surface area (Å²) in [5.74, 6) is -0.267. The largest absolute Gasteiger partial charge is 0.507 e. The summed E-state index contributed by atoms with van der Waals surface area (Å²) in [6.45, 7) is 3.61. The van der Waals surface area contributed by atoms with Gasteiger partial charge in [-0.05, 0) is 49.2 Å². The van der Waals surface area contributed by atoms with Gasteiger partial charge in [0.15, 0.2) is 0 Å². The van der Waals surface area contributed by atoms with Gasteiger partial charge in [-0.25, -0.2) is 0 Å². The summed E-state index contributed by atoms with van der Waals surface area (Å²) in [6.07, 6.45) is 0. The van der Waals surface area contributed by atoms with Crippen LogP contribution in [-0.4, -0.2) is 10.2 Å². The highest BCUT2D eigenvalue weighted by Gasteiger charge is 2.15. The van der Waals surface area contributed by atoms with E-state index in [2.05, 4.69) is 0 Å². The van der Waals surface area contributed by atoms with Gasteiger partial charge in [0.2, 0.25) is 5.43 Å². The Bertz CT molecular complexity index is 806. The van der Waals surface area contributed by atoms with Crippen LogP contribution in [0.2, 0.25) is 0 Å². The number of hydrogen-bond donors (Lipinski definition) is 2. The number of rotatable bonds is 0. The Hall–Kier alpha value is -2.49. The van der Waals surface area contributed by atoms with Gasteiger partial charge in [-0.15, -0.1) is 0 Å². The molecule has 0 saturated carbocycles. The first-order valence-electron chi connectivity index (χ1n) is 5.87. The van der Waals surface area contributed by atoms with Crippen molar-refractivity contribution >= 4 is 21.9 Å². The van der Waals surface area contributed by atoms with Gasteiger partial charge >= 0.3 is 0 Å². The molecule has 1 heterocycles. The molecule has 0 radical (unpaired) electrons. The minimum Gasteiger partial charge on any atom is -0.507 e. The minimum atomic E-state index is -0.425. The summed E-state index contributed by atoms with van der Waals surface area (Å²) in [7, 11) is 0. The number of aromatic hydroxyl groups is 2. The van der Waals surface area contributed by atoms with E-state index in [9.17, 15) is 15.0 Å². The molecule has 0 amide bonds. The normalized spacial score (nSPS) is 11.3. The molecule has 3 aromatic rings. The van der Waals surface area contributed by atoms with E-state index >= 15 is 0 Å². The Labute approximate surface area is 108 Å². The topological polar surface area (TPSA) is 70.7 Å². The number of fused-ring (bicyclic) bond motifs is 2. The fourth-order valence-corrected chi connectivity index (χ4v) is 2.33. The zero-order chi connectivity index (χ0) is 13.7. The van der Waals surface area contributed by atoms with Crippen molar-refractivity contribution in [1.82, 2.24) is 0 Å². The van der Waals surface area contributed by atoms with Crippen molar-refractivity contribution < 1.29 is 14.6 Å². The van der Waals surface area contributed by atoms with Crippen molar-refractivity contribution in [2.24, 2.45) is 0 Å². The third-order valence-corrected chi connectivity index (χ3v) is 3.13. The number of phenolic OH excluding ortho intramolecular Hbond substituents is 2. The van der Waals surface area contributed by atoms with Crippen LogP contribution in [0.15, 0.2) is 33.5 Å². The van der Waals surface area contributed by atoms with Crippen LogP contribution in [0.25, 0.3) is 21.9 Å². The molecule has 0 saturated heterocycles. The van der Waals surface area contributed by atoms with Gasteiger partial charge in [-0.2, -0.15) is 0 Å². The Morgan fingerprint density at radius 1 is 0.842 bits per heavy atom. The zero-order valence-electron chi connectivity index (χ0n) is 10.5. The van der Waals surface area contributed by atoms with E-state index in [1.807, 2.05) is 0 Å². The van der Waals surface area contributed by atoms with Crippen LogP contribution in [0.5, 0.6) is 11.5 Å². The molecule has 4 nitrogen and oxygen atoms in total. The molecule has 2 N–H and O–H groups in total. The second kappa shape index (κ2) is 3.75. The Morgan fingerprint density at radius 2 is 1.26 bits per heavy atom. The third-order valence-electron chi connectivity index (χ3n) is 3.13. The third kappa shape index (κ3) is 1.64. The molecule has 1 aromatic heterocycles. The first kappa shape index (κ1) is 11.6. The summed E-state index contributed by atoms with van der Waals surface area (Å²) in [4.78, 5) is 12.4. The Morgan fingerprint density at radius 3 is 1.68 bits per heavy atom. The van der Waals surface area contributed by atoms with Gasteiger partial charge in [-0.3, -0.25) is 4.79 Å². The summed E-state index contributed by atoms with van der Waals surface area (Å²) in [6, 6.07) is 6.37. The highest BCUT2D eigenvalue weighted by molar-refractivity contribution is 5.96.